The van der Waals surface area contributed by atoms with E-state index in [4.69, 9.17) is 0 Å². The zero-order valence-corrected chi connectivity index (χ0v) is 15.5. The number of nitrogens with zero attached hydrogens (tertiary/aromatic N) is 4. The van der Waals surface area contributed by atoms with Crippen LogP contribution in [0.5, 0.6) is 0 Å². The second kappa shape index (κ2) is 7.88. The van der Waals surface area contributed by atoms with E-state index in [1.807, 2.05) is 0 Å². The first-order chi connectivity index (χ1) is 14.5. The molecule has 0 N–H and O–H groups in total. The van der Waals surface area contributed by atoms with Crippen molar-refractivity contribution in [2.24, 2.45) is 0 Å². The molecular formula is C22H14N4O4. The summed E-state index contributed by atoms with van der Waals surface area (Å²) in [6.45, 7) is 0. The second-order valence-corrected chi connectivity index (χ2v) is 6.41. The van der Waals surface area contributed by atoms with Crippen molar-refractivity contribution >= 4 is 11.4 Å². The maximum Gasteiger partial charge on any atom is 0.277 e. The van der Waals surface area contributed by atoms with Crippen molar-refractivity contribution in [3.8, 4) is 33.6 Å². The van der Waals surface area contributed by atoms with E-state index in [0.29, 0.717) is 33.6 Å². The summed E-state index contributed by atoms with van der Waals surface area (Å²) in [6.07, 6.45) is 3.11. The third-order valence-electron chi connectivity index (χ3n) is 4.61. The number of para-hydroxylation sites is 2. The van der Waals surface area contributed by atoms with Gasteiger partial charge in [-0.25, -0.2) is 0 Å². The van der Waals surface area contributed by atoms with Gasteiger partial charge >= 0.3 is 0 Å². The van der Waals surface area contributed by atoms with Gasteiger partial charge in [-0.3, -0.25) is 30.2 Å². The standard InChI is InChI=1S/C22H14N4O4/c27-25(28)21-7-3-1-5-17(21)15-9-11-23-19(13-15)20-14-16(10-12-24-20)18-6-2-4-8-22(18)26(29)30/h1-14H. The molecule has 8 heteroatoms. The number of rotatable bonds is 5. The van der Waals surface area contributed by atoms with Crippen LogP contribution in [0.3, 0.4) is 0 Å². The third kappa shape index (κ3) is 3.61. The zero-order valence-electron chi connectivity index (χ0n) is 15.5. The molecule has 0 radical (unpaired) electrons. The molecule has 0 amide bonds. The van der Waals surface area contributed by atoms with Gasteiger partial charge in [0.1, 0.15) is 0 Å². The van der Waals surface area contributed by atoms with Crippen LogP contribution in [0.25, 0.3) is 33.6 Å². The molecule has 2 heterocycles. The first-order valence-corrected chi connectivity index (χ1v) is 8.94. The molecule has 0 spiro atoms. The van der Waals surface area contributed by atoms with Crippen molar-refractivity contribution < 1.29 is 9.85 Å². The van der Waals surface area contributed by atoms with Crippen LogP contribution >= 0.6 is 0 Å². The molecule has 8 nitrogen and oxygen atoms in total. The highest BCUT2D eigenvalue weighted by molar-refractivity contribution is 5.79. The van der Waals surface area contributed by atoms with E-state index in [9.17, 15) is 20.2 Å². The first kappa shape index (κ1) is 18.9. The Labute approximate surface area is 170 Å². The quantitative estimate of drug-likeness (QED) is 0.333. The Kier molecular flexibility index (Phi) is 4.96. The van der Waals surface area contributed by atoms with Crippen LogP contribution in [-0.2, 0) is 0 Å². The van der Waals surface area contributed by atoms with Crippen LogP contribution in [-0.4, -0.2) is 19.8 Å². The van der Waals surface area contributed by atoms with Crippen molar-refractivity contribution in [2.75, 3.05) is 0 Å². The topological polar surface area (TPSA) is 112 Å². The average molecular weight is 398 g/mol. The molecule has 0 aliphatic heterocycles. The lowest BCUT2D eigenvalue weighted by Gasteiger charge is -2.07. The Morgan fingerprint density at radius 1 is 0.600 bits per heavy atom. The lowest BCUT2D eigenvalue weighted by molar-refractivity contribution is -0.384. The van der Waals surface area contributed by atoms with Gasteiger partial charge in [0.15, 0.2) is 0 Å². The summed E-state index contributed by atoms with van der Waals surface area (Å²) < 4.78 is 0. The molecule has 2 aromatic carbocycles. The minimum Gasteiger partial charge on any atom is -0.258 e. The molecule has 4 rings (SSSR count). The lowest BCUT2D eigenvalue weighted by atomic mass is 10.0. The van der Waals surface area contributed by atoms with Crippen LogP contribution in [0.4, 0.5) is 11.4 Å². The van der Waals surface area contributed by atoms with Gasteiger partial charge in [-0.05, 0) is 47.5 Å². The maximum absolute atomic E-state index is 11.4. The van der Waals surface area contributed by atoms with E-state index in [2.05, 4.69) is 9.97 Å². The number of pyridine rings is 2. The van der Waals surface area contributed by atoms with Gasteiger partial charge in [-0.2, -0.15) is 0 Å². The fourth-order valence-corrected chi connectivity index (χ4v) is 3.23. The number of benzene rings is 2. The first-order valence-electron chi connectivity index (χ1n) is 8.94. The molecule has 0 bridgehead atoms. The van der Waals surface area contributed by atoms with E-state index in [-0.39, 0.29) is 11.4 Å². The van der Waals surface area contributed by atoms with E-state index in [1.54, 1.807) is 73.1 Å². The van der Waals surface area contributed by atoms with Gasteiger partial charge in [0.05, 0.1) is 32.4 Å². The highest BCUT2D eigenvalue weighted by Gasteiger charge is 2.17. The van der Waals surface area contributed by atoms with Gasteiger partial charge < -0.3 is 0 Å². The molecule has 0 atom stereocenters. The Bertz CT molecular complexity index is 1170. The van der Waals surface area contributed by atoms with Crippen LogP contribution in [0.1, 0.15) is 0 Å². The SMILES string of the molecule is O=[N+]([O-])c1ccccc1-c1ccnc(-c2cc(-c3ccccc3[N+](=O)[O-])ccn2)c1. The number of nitro benzene ring substituents is 2. The fraction of sp³-hybridized carbons (Fsp3) is 0. The zero-order chi connectivity index (χ0) is 21.1. The van der Waals surface area contributed by atoms with Gasteiger partial charge in [0.25, 0.3) is 11.4 Å². The van der Waals surface area contributed by atoms with Crippen molar-refractivity contribution in [2.45, 2.75) is 0 Å². The third-order valence-corrected chi connectivity index (χ3v) is 4.61. The minimum absolute atomic E-state index is 0.00345. The molecule has 0 unspecified atom stereocenters. The summed E-state index contributed by atoms with van der Waals surface area (Å²) >= 11 is 0. The molecule has 4 aromatic rings. The molecule has 146 valence electrons. The second-order valence-electron chi connectivity index (χ2n) is 6.41. The van der Waals surface area contributed by atoms with Crippen LogP contribution in [0.15, 0.2) is 85.2 Å². The Hall–Kier alpha value is -4.46. The molecule has 0 saturated carbocycles. The van der Waals surface area contributed by atoms with Gasteiger partial charge in [-0.1, -0.05) is 24.3 Å². The lowest BCUT2D eigenvalue weighted by Crippen LogP contribution is -1.94. The number of aromatic nitrogens is 2. The number of hydrogen-bond donors (Lipinski definition) is 0. The van der Waals surface area contributed by atoms with Crippen LogP contribution in [0.2, 0.25) is 0 Å². The van der Waals surface area contributed by atoms with Crippen molar-refractivity contribution in [1.29, 1.82) is 0 Å². The van der Waals surface area contributed by atoms with Crippen molar-refractivity contribution in [3.63, 3.8) is 0 Å². The van der Waals surface area contributed by atoms with Crippen molar-refractivity contribution in [3.05, 3.63) is 105 Å². The molecule has 0 fully saturated rings. The largest absolute Gasteiger partial charge is 0.277 e. The van der Waals surface area contributed by atoms with E-state index in [0.717, 1.165) is 0 Å². The van der Waals surface area contributed by atoms with Gasteiger partial charge in [0.2, 0.25) is 0 Å². The summed E-state index contributed by atoms with van der Waals surface area (Å²) in [6, 6.07) is 19.8. The summed E-state index contributed by atoms with van der Waals surface area (Å²) in [5, 5.41) is 22.7. The molecule has 0 saturated heterocycles. The van der Waals surface area contributed by atoms with E-state index >= 15 is 0 Å². The summed E-state index contributed by atoms with van der Waals surface area (Å²) in [5.74, 6) is 0. The maximum atomic E-state index is 11.4. The van der Waals surface area contributed by atoms with Crippen LogP contribution < -0.4 is 0 Å². The summed E-state index contributed by atoms with van der Waals surface area (Å²) in [7, 11) is 0. The number of nitro groups is 2. The summed E-state index contributed by atoms with van der Waals surface area (Å²) in [5.41, 5.74) is 3.21. The fourth-order valence-electron chi connectivity index (χ4n) is 3.23. The Balaban J connectivity index is 1.79. The molecule has 0 aliphatic rings. The van der Waals surface area contributed by atoms with Gasteiger partial charge in [0, 0.05) is 24.5 Å². The number of hydrogen-bond acceptors (Lipinski definition) is 6. The predicted molar refractivity (Wildman–Crippen MR) is 112 cm³/mol. The minimum atomic E-state index is -0.428. The normalized spacial score (nSPS) is 10.5. The van der Waals surface area contributed by atoms with Gasteiger partial charge in [-0.15, -0.1) is 0 Å². The van der Waals surface area contributed by atoms with Crippen LogP contribution in [0, 0.1) is 20.2 Å². The van der Waals surface area contributed by atoms with E-state index < -0.39 is 9.85 Å². The van der Waals surface area contributed by atoms with E-state index in [1.165, 1.54) is 12.1 Å². The molecule has 2 aromatic heterocycles. The molecular weight excluding hydrogens is 384 g/mol. The Morgan fingerprint density at radius 2 is 1.00 bits per heavy atom. The summed E-state index contributed by atoms with van der Waals surface area (Å²) in [4.78, 5) is 30.5. The Morgan fingerprint density at radius 3 is 1.40 bits per heavy atom. The monoisotopic (exact) mass is 398 g/mol. The molecule has 0 aliphatic carbocycles. The average Bonchev–Trinajstić information content (AvgIpc) is 2.79. The van der Waals surface area contributed by atoms with Crippen molar-refractivity contribution in [1.82, 2.24) is 9.97 Å². The molecule has 30 heavy (non-hydrogen) atoms. The predicted octanol–water partition coefficient (Wildman–Crippen LogP) is 5.29. The highest BCUT2D eigenvalue weighted by Crippen LogP contribution is 2.33. The smallest absolute Gasteiger partial charge is 0.258 e. The highest BCUT2D eigenvalue weighted by atomic mass is 16.6.